The van der Waals surface area contributed by atoms with Crippen LogP contribution in [0, 0.1) is 11.7 Å². The van der Waals surface area contributed by atoms with Crippen molar-refractivity contribution in [2.24, 2.45) is 5.92 Å². The Kier molecular flexibility index (Phi) is 6.41. The third-order valence-corrected chi connectivity index (χ3v) is 5.59. The highest BCUT2D eigenvalue weighted by atomic mass is 19.1. The standard InChI is InChI=1S/C21H28FN5O2/c22-18-10-16(3-4-19(18)26-6-8-29-9-7-26)12-23-20-11-21(25-15-24-20)27-5-1-2-17(13-27)14-28/h3-4,10-11,15,17,28H,1-2,5-9,12-14H2,(H,23,24,25). The van der Waals surface area contributed by atoms with Crippen LogP contribution < -0.4 is 15.1 Å². The molecule has 2 aliphatic rings. The molecule has 0 saturated carbocycles. The van der Waals surface area contributed by atoms with Crippen molar-refractivity contribution < 1.29 is 14.2 Å². The first-order valence-electron chi connectivity index (χ1n) is 10.3. The van der Waals surface area contributed by atoms with Crippen molar-refractivity contribution in [3.8, 4) is 0 Å². The van der Waals surface area contributed by atoms with Crippen LogP contribution in [0.1, 0.15) is 18.4 Å². The Morgan fingerprint density at radius 2 is 2.00 bits per heavy atom. The van der Waals surface area contributed by atoms with Crippen LogP contribution >= 0.6 is 0 Å². The van der Waals surface area contributed by atoms with Crippen LogP contribution in [0.2, 0.25) is 0 Å². The predicted octanol–water partition coefficient (Wildman–Crippen LogP) is 2.27. The molecule has 0 amide bonds. The van der Waals surface area contributed by atoms with E-state index >= 15 is 0 Å². The molecular formula is C21H28FN5O2. The minimum atomic E-state index is -0.210. The second kappa shape index (κ2) is 9.37. The molecule has 2 N–H and O–H groups in total. The van der Waals surface area contributed by atoms with Crippen LogP contribution in [0.5, 0.6) is 0 Å². The number of rotatable bonds is 6. The number of nitrogens with zero attached hydrogens (tertiary/aromatic N) is 4. The Hall–Kier alpha value is -2.45. The first-order chi connectivity index (χ1) is 14.2. The van der Waals surface area contributed by atoms with Gasteiger partial charge in [-0.25, -0.2) is 14.4 Å². The van der Waals surface area contributed by atoms with Crippen molar-refractivity contribution in [3.63, 3.8) is 0 Å². The van der Waals surface area contributed by atoms with Gasteiger partial charge in [0.15, 0.2) is 0 Å². The molecule has 29 heavy (non-hydrogen) atoms. The molecule has 156 valence electrons. The van der Waals surface area contributed by atoms with E-state index in [1.165, 1.54) is 0 Å². The first kappa shape index (κ1) is 19.8. The summed E-state index contributed by atoms with van der Waals surface area (Å²) < 4.78 is 19.9. The zero-order valence-electron chi connectivity index (χ0n) is 16.6. The quantitative estimate of drug-likeness (QED) is 0.769. The summed E-state index contributed by atoms with van der Waals surface area (Å²) in [6.07, 6.45) is 3.64. The molecule has 0 radical (unpaired) electrons. The van der Waals surface area contributed by atoms with Gasteiger partial charge >= 0.3 is 0 Å². The lowest BCUT2D eigenvalue weighted by Crippen LogP contribution is -2.37. The van der Waals surface area contributed by atoms with Crippen LogP contribution in [-0.4, -0.2) is 61.1 Å². The number of hydrogen-bond acceptors (Lipinski definition) is 7. The van der Waals surface area contributed by atoms with Crippen molar-refractivity contribution in [1.29, 1.82) is 0 Å². The van der Waals surface area contributed by atoms with Gasteiger partial charge in [-0.1, -0.05) is 6.07 Å². The Bertz CT molecular complexity index is 815. The van der Waals surface area contributed by atoms with Crippen molar-refractivity contribution in [2.75, 3.05) is 61.1 Å². The number of aliphatic hydroxyl groups excluding tert-OH is 1. The fourth-order valence-electron chi connectivity index (χ4n) is 3.95. The number of piperidine rings is 1. The lowest BCUT2D eigenvalue weighted by Gasteiger charge is -2.32. The van der Waals surface area contributed by atoms with Gasteiger partial charge in [0.05, 0.1) is 18.9 Å². The lowest BCUT2D eigenvalue weighted by atomic mass is 9.99. The van der Waals surface area contributed by atoms with E-state index in [0.717, 1.165) is 37.3 Å². The predicted molar refractivity (Wildman–Crippen MR) is 111 cm³/mol. The molecule has 3 heterocycles. The highest BCUT2D eigenvalue weighted by Gasteiger charge is 2.20. The number of benzene rings is 1. The monoisotopic (exact) mass is 401 g/mol. The molecule has 2 aromatic rings. The van der Waals surface area contributed by atoms with Gasteiger partial charge in [0.25, 0.3) is 0 Å². The molecule has 8 heteroatoms. The molecule has 0 aliphatic carbocycles. The van der Waals surface area contributed by atoms with Crippen molar-refractivity contribution >= 4 is 17.3 Å². The highest BCUT2D eigenvalue weighted by Crippen LogP contribution is 2.24. The third kappa shape index (κ3) is 4.94. The molecule has 7 nitrogen and oxygen atoms in total. The number of aliphatic hydroxyl groups is 1. The van der Waals surface area contributed by atoms with E-state index in [1.54, 1.807) is 12.4 Å². The Morgan fingerprint density at radius 3 is 2.79 bits per heavy atom. The molecular weight excluding hydrogens is 373 g/mol. The average Bonchev–Trinajstić information content (AvgIpc) is 2.78. The second-order valence-corrected chi connectivity index (χ2v) is 7.64. The fraction of sp³-hybridized carbons (Fsp3) is 0.524. The normalized spacial score (nSPS) is 20.0. The maximum atomic E-state index is 14.6. The van der Waals surface area contributed by atoms with Gasteiger partial charge in [-0.3, -0.25) is 0 Å². The molecule has 4 rings (SSSR count). The summed E-state index contributed by atoms with van der Waals surface area (Å²) in [5.41, 5.74) is 1.49. The molecule has 2 aliphatic heterocycles. The SMILES string of the molecule is OCC1CCCN(c2cc(NCc3ccc(N4CCOCC4)c(F)c3)ncn2)C1. The Morgan fingerprint density at radius 1 is 1.14 bits per heavy atom. The number of aromatic nitrogens is 2. The number of halogens is 1. The Labute approximate surface area is 170 Å². The van der Waals surface area contributed by atoms with Crippen molar-refractivity contribution in [3.05, 3.63) is 42.0 Å². The topological polar surface area (TPSA) is 73.8 Å². The lowest BCUT2D eigenvalue weighted by molar-refractivity contribution is 0.122. The summed E-state index contributed by atoms with van der Waals surface area (Å²) in [4.78, 5) is 12.9. The van der Waals surface area contributed by atoms with E-state index in [9.17, 15) is 9.50 Å². The molecule has 1 atom stereocenters. The number of ether oxygens (including phenoxy) is 1. The summed E-state index contributed by atoms with van der Waals surface area (Å²) in [5.74, 6) is 1.65. The summed E-state index contributed by atoms with van der Waals surface area (Å²) in [6, 6.07) is 7.28. The van der Waals surface area contributed by atoms with Crippen LogP contribution in [0.3, 0.4) is 0 Å². The minimum Gasteiger partial charge on any atom is -0.396 e. The maximum Gasteiger partial charge on any atom is 0.146 e. The van der Waals surface area contributed by atoms with E-state index in [4.69, 9.17) is 4.74 Å². The molecule has 1 aromatic heterocycles. The largest absolute Gasteiger partial charge is 0.396 e. The summed E-state index contributed by atoms with van der Waals surface area (Å²) in [6.45, 7) is 5.12. The smallest absolute Gasteiger partial charge is 0.146 e. The van der Waals surface area contributed by atoms with Gasteiger partial charge in [-0.15, -0.1) is 0 Å². The zero-order valence-corrected chi connectivity index (χ0v) is 16.6. The number of nitrogens with one attached hydrogen (secondary N) is 1. The highest BCUT2D eigenvalue weighted by molar-refractivity contribution is 5.51. The third-order valence-electron chi connectivity index (χ3n) is 5.59. The summed E-state index contributed by atoms with van der Waals surface area (Å²) >= 11 is 0. The van der Waals surface area contributed by atoms with E-state index in [2.05, 4.69) is 20.2 Å². The molecule has 2 fully saturated rings. The van der Waals surface area contributed by atoms with Crippen LogP contribution in [0.15, 0.2) is 30.6 Å². The number of anilines is 3. The van der Waals surface area contributed by atoms with E-state index in [0.29, 0.717) is 50.3 Å². The first-order valence-corrected chi connectivity index (χ1v) is 10.3. The van der Waals surface area contributed by atoms with Gasteiger partial charge < -0.3 is 25.0 Å². The van der Waals surface area contributed by atoms with E-state index < -0.39 is 0 Å². The van der Waals surface area contributed by atoms with Gasteiger partial charge in [-0.05, 0) is 36.5 Å². The van der Waals surface area contributed by atoms with E-state index in [1.807, 2.05) is 23.1 Å². The number of hydrogen-bond donors (Lipinski definition) is 2. The van der Waals surface area contributed by atoms with Crippen LogP contribution in [0.25, 0.3) is 0 Å². The van der Waals surface area contributed by atoms with Crippen LogP contribution in [-0.2, 0) is 11.3 Å². The molecule has 1 unspecified atom stereocenters. The second-order valence-electron chi connectivity index (χ2n) is 7.64. The average molecular weight is 401 g/mol. The van der Waals surface area contributed by atoms with Crippen molar-refractivity contribution in [1.82, 2.24) is 9.97 Å². The van der Waals surface area contributed by atoms with Gasteiger partial charge in [-0.2, -0.15) is 0 Å². The molecule has 0 spiro atoms. The van der Waals surface area contributed by atoms with Gasteiger partial charge in [0.2, 0.25) is 0 Å². The van der Waals surface area contributed by atoms with Gasteiger partial charge in [0, 0.05) is 45.4 Å². The van der Waals surface area contributed by atoms with E-state index in [-0.39, 0.29) is 12.4 Å². The molecule has 1 aromatic carbocycles. The number of morpholine rings is 1. The zero-order chi connectivity index (χ0) is 20.1. The van der Waals surface area contributed by atoms with Crippen molar-refractivity contribution in [2.45, 2.75) is 19.4 Å². The van der Waals surface area contributed by atoms with Crippen LogP contribution in [0.4, 0.5) is 21.7 Å². The van der Waals surface area contributed by atoms with Gasteiger partial charge in [0.1, 0.15) is 23.8 Å². The molecule has 0 bridgehead atoms. The molecule has 2 saturated heterocycles. The summed E-state index contributed by atoms with van der Waals surface area (Å²) in [7, 11) is 0. The Balaban J connectivity index is 1.38. The minimum absolute atomic E-state index is 0.207. The fourth-order valence-corrected chi connectivity index (χ4v) is 3.95. The summed E-state index contributed by atoms with van der Waals surface area (Å²) in [5, 5.41) is 12.7. The maximum absolute atomic E-state index is 14.6.